The van der Waals surface area contributed by atoms with Gasteiger partial charge in [0.1, 0.15) is 0 Å². The van der Waals surface area contributed by atoms with Crippen molar-refractivity contribution in [3.63, 3.8) is 0 Å². The van der Waals surface area contributed by atoms with Crippen molar-refractivity contribution < 1.29 is 9.59 Å². The normalized spacial score (nSPS) is 17.0. The van der Waals surface area contributed by atoms with Crippen LogP contribution in [0.15, 0.2) is 77.2 Å². The van der Waals surface area contributed by atoms with Gasteiger partial charge in [-0.2, -0.15) is 0 Å². The average molecular weight is 595 g/mol. The van der Waals surface area contributed by atoms with Crippen LogP contribution in [0.3, 0.4) is 0 Å². The second-order valence-electron chi connectivity index (χ2n) is 10.1. The Hall–Kier alpha value is -3.20. The first kappa shape index (κ1) is 20.9. The number of carbonyl (C=O) groups excluding carboxylic acids is 2. The molecule has 2 aliphatic rings. The van der Waals surface area contributed by atoms with E-state index in [4.69, 9.17) is 0 Å². The van der Waals surface area contributed by atoms with Crippen LogP contribution >= 0.6 is 0 Å². The summed E-state index contributed by atoms with van der Waals surface area (Å²) in [6.45, 7) is 4.58. The van der Waals surface area contributed by atoms with Gasteiger partial charge in [-0.15, -0.1) is 0 Å². The number of para-hydroxylation sites is 2. The maximum absolute atomic E-state index is 13.4. The summed E-state index contributed by atoms with van der Waals surface area (Å²) >= 11 is 0.219. The van der Waals surface area contributed by atoms with E-state index in [2.05, 4.69) is 78.0 Å². The molecule has 0 fully saturated rings. The number of allylic oxidation sites excluding steroid dienone is 1. The zero-order valence-electron chi connectivity index (χ0n) is 19.6. The monoisotopic (exact) mass is 597 g/mol. The Balaban J connectivity index is 1.35. The van der Waals surface area contributed by atoms with Crippen LogP contribution in [-0.4, -0.2) is 45.1 Å². The van der Waals surface area contributed by atoms with E-state index in [0.717, 1.165) is 9.82 Å². The number of hydrogen-bond acceptors (Lipinski definition) is 2. The van der Waals surface area contributed by atoms with Crippen LogP contribution in [0.25, 0.3) is 42.1 Å². The standard InChI is InChI=1S/C31H19NO2Se2/c1-31(2)23-8-5-7-19-18-6-3-4-9-25(18)32(27(19)23)30-24(31)14-17(36-30)13-22-28(33)20-12-16-10-11-35-26(16)15-21(20)29(22)34/h3-15H,1-2H3/b22-13-. The molecular formula is C31H19NO2Se2. The van der Waals surface area contributed by atoms with Crippen molar-refractivity contribution in [2.45, 2.75) is 19.3 Å². The summed E-state index contributed by atoms with van der Waals surface area (Å²) in [6, 6.07) is 23.4. The molecule has 0 amide bonds. The summed E-state index contributed by atoms with van der Waals surface area (Å²) in [5.74, 6) is -0.262. The Labute approximate surface area is 219 Å². The first-order valence-electron chi connectivity index (χ1n) is 11.9. The molecule has 36 heavy (non-hydrogen) atoms. The Morgan fingerprint density at radius 3 is 2.47 bits per heavy atom. The van der Waals surface area contributed by atoms with Gasteiger partial charge >= 0.3 is 220 Å². The van der Waals surface area contributed by atoms with Crippen molar-refractivity contribution in [2.24, 2.45) is 0 Å². The number of ketones is 2. The van der Waals surface area contributed by atoms with Crippen LogP contribution in [0, 0.1) is 0 Å². The minimum atomic E-state index is -0.164. The molecule has 0 saturated heterocycles. The van der Waals surface area contributed by atoms with E-state index in [1.165, 1.54) is 41.8 Å². The van der Waals surface area contributed by atoms with Crippen molar-refractivity contribution >= 4 is 78.1 Å². The van der Waals surface area contributed by atoms with Crippen LogP contribution < -0.4 is 0 Å². The van der Waals surface area contributed by atoms with Crippen LogP contribution in [0.2, 0.25) is 0 Å². The summed E-state index contributed by atoms with van der Waals surface area (Å²) in [5.41, 5.74) is 6.40. The van der Waals surface area contributed by atoms with Crippen molar-refractivity contribution in [2.75, 3.05) is 0 Å². The molecule has 3 aromatic carbocycles. The van der Waals surface area contributed by atoms with Gasteiger partial charge < -0.3 is 0 Å². The second-order valence-corrected chi connectivity index (χ2v) is 14.3. The Kier molecular flexibility index (Phi) is 4.05. The first-order valence-corrected chi connectivity index (χ1v) is 15.5. The van der Waals surface area contributed by atoms with Gasteiger partial charge in [0.05, 0.1) is 0 Å². The first-order chi connectivity index (χ1) is 17.4. The molecule has 1 aliphatic heterocycles. The van der Waals surface area contributed by atoms with Gasteiger partial charge in [0, 0.05) is 0 Å². The van der Waals surface area contributed by atoms with E-state index in [1.807, 2.05) is 18.2 Å². The molecule has 0 spiro atoms. The number of carbonyl (C=O) groups is 2. The Morgan fingerprint density at radius 1 is 0.833 bits per heavy atom. The topological polar surface area (TPSA) is 39.1 Å². The number of aromatic nitrogens is 1. The summed E-state index contributed by atoms with van der Waals surface area (Å²) in [4.78, 5) is 28.9. The molecule has 6 aromatic rings. The predicted molar refractivity (Wildman–Crippen MR) is 147 cm³/mol. The van der Waals surface area contributed by atoms with Gasteiger partial charge in [-0.05, 0) is 0 Å². The van der Waals surface area contributed by atoms with Crippen molar-refractivity contribution in [1.29, 1.82) is 0 Å². The molecule has 0 unspecified atom stereocenters. The predicted octanol–water partition coefficient (Wildman–Crippen LogP) is 6.15. The molecule has 0 saturated carbocycles. The molecule has 1 aliphatic carbocycles. The van der Waals surface area contributed by atoms with Gasteiger partial charge in [0.15, 0.2) is 0 Å². The molecule has 0 atom stereocenters. The SMILES string of the molecule is CC1(C)c2cc(/C=C3/C(=O)c4cc5cc[se]c5cc4C3=O)[se]c2-n2c3ccccc3c3cccc1c32. The quantitative estimate of drug-likeness (QED) is 0.130. The molecule has 0 N–H and O–H groups in total. The van der Waals surface area contributed by atoms with Crippen LogP contribution in [0.5, 0.6) is 0 Å². The van der Waals surface area contributed by atoms with Gasteiger partial charge in [0.25, 0.3) is 0 Å². The Bertz CT molecular complexity index is 1960. The van der Waals surface area contributed by atoms with E-state index in [1.54, 1.807) is 0 Å². The van der Waals surface area contributed by atoms with Crippen molar-refractivity contribution in [3.8, 4) is 4.56 Å². The number of rotatable bonds is 1. The third-order valence-electron chi connectivity index (χ3n) is 7.83. The fraction of sp³-hybridized carbons (Fsp3) is 0.0968. The van der Waals surface area contributed by atoms with Crippen LogP contribution in [0.4, 0.5) is 0 Å². The van der Waals surface area contributed by atoms with E-state index in [-0.39, 0.29) is 46.0 Å². The maximum atomic E-state index is 13.4. The molecule has 172 valence electrons. The zero-order chi connectivity index (χ0) is 24.3. The molecule has 0 radical (unpaired) electrons. The molecule has 3 nitrogen and oxygen atoms in total. The number of nitrogens with zero attached hydrogens (tertiary/aromatic N) is 1. The van der Waals surface area contributed by atoms with E-state index in [0.29, 0.717) is 16.7 Å². The third-order valence-corrected chi connectivity index (χ3v) is 11.9. The van der Waals surface area contributed by atoms with Gasteiger partial charge in [0.2, 0.25) is 0 Å². The third kappa shape index (κ3) is 2.54. The van der Waals surface area contributed by atoms with E-state index >= 15 is 0 Å². The summed E-state index contributed by atoms with van der Waals surface area (Å²) in [6.07, 6.45) is 1.89. The average Bonchev–Trinajstić information content (AvgIpc) is 3.63. The molecular weight excluding hydrogens is 576 g/mol. The van der Waals surface area contributed by atoms with E-state index in [9.17, 15) is 9.59 Å². The number of hydrogen-bond donors (Lipinski definition) is 0. The van der Waals surface area contributed by atoms with Crippen LogP contribution in [0.1, 0.15) is 50.1 Å². The molecule has 3 aromatic heterocycles. The van der Waals surface area contributed by atoms with Crippen molar-refractivity contribution in [1.82, 2.24) is 4.57 Å². The van der Waals surface area contributed by atoms with Gasteiger partial charge in [-0.1, -0.05) is 0 Å². The second kappa shape index (κ2) is 6.97. The molecule has 4 heterocycles. The summed E-state index contributed by atoms with van der Waals surface area (Å²) < 4.78 is 6.02. The van der Waals surface area contributed by atoms with Crippen LogP contribution in [-0.2, 0) is 5.41 Å². The molecule has 5 heteroatoms. The zero-order valence-corrected chi connectivity index (χ0v) is 23.0. The fourth-order valence-electron chi connectivity index (χ4n) is 6.02. The molecule has 8 rings (SSSR count). The molecule has 0 bridgehead atoms. The summed E-state index contributed by atoms with van der Waals surface area (Å²) in [5, 5.41) is 3.63. The van der Waals surface area contributed by atoms with Gasteiger partial charge in [-0.25, -0.2) is 0 Å². The Morgan fingerprint density at radius 2 is 1.61 bits per heavy atom. The number of fused-ring (bicyclic) bond motifs is 7. The van der Waals surface area contributed by atoms with Gasteiger partial charge in [-0.3, -0.25) is 0 Å². The fourth-order valence-corrected chi connectivity index (χ4v) is 10.4. The van der Waals surface area contributed by atoms with Crippen molar-refractivity contribution in [3.05, 3.63) is 104 Å². The van der Waals surface area contributed by atoms with E-state index < -0.39 is 0 Å². The number of benzene rings is 3. The minimum absolute atomic E-state index is 0.0230. The number of Topliss-reactive ketones (excluding diaryl/α,β-unsaturated/α-hetero) is 2. The summed E-state index contributed by atoms with van der Waals surface area (Å²) in [7, 11) is 0.